The fourth-order valence-corrected chi connectivity index (χ4v) is 2.51. The van der Waals surface area contributed by atoms with Gasteiger partial charge in [-0.15, -0.1) is 0 Å². The molecule has 1 heterocycles. The highest BCUT2D eigenvalue weighted by atomic mass is 19.4. The molecule has 2 aromatic rings. The van der Waals surface area contributed by atoms with Crippen LogP contribution in [0.1, 0.15) is 30.4 Å². The third kappa shape index (κ3) is 3.79. The number of hydrogen-bond acceptors (Lipinski definition) is 5. The molecular weight excluding hydrogens is 337 g/mol. The van der Waals surface area contributed by atoms with Crippen molar-refractivity contribution < 1.29 is 27.8 Å². The van der Waals surface area contributed by atoms with Gasteiger partial charge in [-0.25, -0.2) is 9.97 Å². The molecule has 25 heavy (non-hydrogen) atoms. The Balaban J connectivity index is 1.78. The molecule has 1 aromatic carbocycles. The maximum Gasteiger partial charge on any atom is 0.416 e. The fraction of sp³-hybridized carbons (Fsp3) is 0.353. The first-order chi connectivity index (χ1) is 11.9. The molecule has 0 amide bonds. The van der Waals surface area contributed by atoms with Gasteiger partial charge in [-0.05, 0) is 30.5 Å². The van der Waals surface area contributed by atoms with Crippen molar-refractivity contribution in [1.29, 1.82) is 0 Å². The molecule has 0 bridgehead atoms. The van der Waals surface area contributed by atoms with Crippen molar-refractivity contribution in [2.45, 2.75) is 32.0 Å². The van der Waals surface area contributed by atoms with E-state index in [1.165, 1.54) is 24.5 Å². The normalized spacial score (nSPS) is 14.9. The van der Waals surface area contributed by atoms with Gasteiger partial charge in [-0.2, -0.15) is 13.2 Å². The minimum atomic E-state index is -4.54. The van der Waals surface area contributed by atoms with E-state index in [-0.39, 0.29) is 23.3 Å². The Morgan fingerprint density at radius 1 is 1.24 bits per heavy atom. The first-order valence-corrected chi connectivity index (χ1v) is 7.73. The summed E-state index contributed by atoms with van der Waals surface area (Å²) in [6.45, 7) is -0.743. The van der Waals surface area contributed by atoms with E-state index in [0.717, 1.165) is 25.3 Å². The van der Waals surface area contributed by atoms with E-state index in [0.29, 0.717) is 11.3 Å². The van der Waals surface area contributed by atoms with Gasteiger partial charge in [-0.3, -0.25) is 4.79 Å². The lowest BCUT2D eigenvalue weighted by molar-refractivity contribution is -0.142. The molecular formula is C17H15F3N2O3. The number of esters is 1. The number of halogens is 3. The number of aliphatic hydroxyl groups is 1. The van der Waals surface area contributed by atoms with Crippen LogP contribution in [0.5, 0.6) is 5.88 Å². The molecule has 3 rings (SSSR count). The molecule has 1 aliphatic carbocycles. The summed E-state index contributed by atoms with van der Waals surface area (Å²) in [6, 6.07) is 3.37. The summed E-state index contributed by atoms with van der Waals surface area (Å²) in [5, 5.41) is 9.18. The van der Waals surface area contributed by atoms with Crippen molar-refractivity contribution in [2.75, 3.05) is 0 Å². The number of carbonyl (C=O) groups excluding carboxylic acids is 1. The van der Waals surface area contributed by atoms with Crippen LogP contribution in [-0.2, 0) is 17.6 Å². The van der Waals surface area contributed by atoms with Gasteiger partial charge in [0.1, 0.15) is 0 Å². The van der Waals surface area contributed by atoms with Gasteiger partial charge in [0, 0.05) is 5.56 Å². The molecule has 0 spiro atoms. The highest BCUT2D eigenvalue weighted by Gasteiger charge is 2.33. The molecule has 132 valence electrons. The van der Waals surface area contributed by atoms with Crippen molar-refractivity contribution in [3.05, 3.63) is 41.7 Å². The van der Waals surface area contributed by atoms with E-state index in [1.54, 1.807) is 0 Å². The van der Waals surface area contributed by atoms with E-state index >= 15 is 0 Å². The number of nitrogens with zero attached hydrogens (tertiary/aromatic N) is 2. The molecule has 1 saturated carbocycles. The minimum absolute atomic E-state index is 0.0509. The van der Waals surface area contributed by atoms with Gasteiger partial charge < -0.3 is 9.84 Å². The van der Waals surface area contributed by atoms with Crippen molar-refractivity contribution in [2.24, 2.45) is 5.92 Å². The maximum absolute atomic E-state index is 12.9. The maximum atomic E-state index is 12.9. The average Bonchev–Trinajstić information content (AvgIpc) is 2.52. The van der Waals surface area contributed by atoms with Crippen LogP contribution in [0.4, 0.5) is 13.2 Å². The van der Waals surface area contributed by atoms with E-state index < -0.39 is 18.3 Å². The smallest absolute Gasteiger partial charge is 0.406 e. The zero-order valence-electron chi connectivity index (χ0n) is 13.1. The fourth-order valence-electron chi connectivity index (χ4n) is 2.51. The zero-order valence-corrected chi connectivity index (χ0v) is 13.1. The number of alkyl halides is 3. The number of aromatic nitrogens is 2. The number of hydrogen-bond donors (Lipinski definition) is 1. The first kappa shape index (κ1) is 17.3. The van der Waals surface area contributed by atoms with E-state index in [1.807, 2.05) is 0 Å². The lowest BCUT2D eigenvalue weighted by Gasteiger charge is -2.22. The molecule has 1 aromatic heterocycles. The summed E-state index contributed by atoms with van der Waals surface area (Å²) in [4.78, 5) is 19.8. The molecule has 0 saturated heterocycles. The van der Waals surface area contributed by atoms with Crippen molar-refractivity contribution in [3.8, 4) is 17.1 Å². The molecule has 0 unspecified atom stereocenters. The Kier molecular flexibility index (Phi) is 4.71. The Hall–Kier alpha value is -2.48. The molecule has 1 N–H and O–H groups in total. The number of benzene rings is 1. The third-order valence-electron chi connectivity index (χ3n) is 4.15. The van der Waals surface area contributed by atoms with Gasteiger partial charge in [0.2, 0.25) is 5.88 Å². The Morgan fingerprint density at radius 2 is 2.00 bits per heavy atom. The third-order valence-corrected chi connectivity index (χ3v) is 4.15. The Bertz CT molecular complexity index is 772. The molecule has 0 atom stereocenters. The zero-order chi connectivity index (χ0) is 18.0. The molecule has 0 aliphatic heterocycles. The second-order valence-corrected chi connectivity index (χ2v) is 5.82. The van der Waals surface area contributed by atoms with E-state index in [4.69, 9.17) is 4.74 Å². The second kappa shape index (κ2) is 6.79. The summed E-state index contributed by atoms with van der Waals surface area (Å²) in [5.74, 6) is -0.385. The first-order valence-electron chi connectivity index (χ1n) is 7.73. The Morgan fingerprint density at radius 3 is 2.52 bits per heavy atom. The van der Waals surface area contributed by atoms with Gasteiger partial charge >= 0.3 is 12.1 Å². The molecule has 5 nitrogen and oxygen atoms in total. The minimum Gasteiger partial charge on any atom is -0.406 e. The Labute approximate surface area is 141 Å². The van der Waals surface area contributed by atoms with Crippen LogP contribution in [0.3, 0.4) is 0 Å². The summed E-state index contributed by atoms with van der Waals surface area (Å²) < 4.78 is 43.7. The van der Waals surface area contributed by atoms with Crippen LogP contribution in [0.2, 0.25) is 0 Å². The lowest BCUT2D eigenvalue weighted by Crippen LogP contribution is -2.26. The molecule has 1 aliphatic rings. The number of aliphatic hydroxyl groups excluding tert-OH is 1. The lowest BCUT2D eigenvalue weighted by atomic mass is 9.86. The predicted molar refractivity (Wildman–Crippen MR) is 81.4 cm³/mol. The highest BCUT2D eigenvalue weighted by molar-refractivity contribution is 5.75. The van der Waals surface area contributed by atoms with Crippen LogP contribution in [0, 0.1) is 5.92 Å². The van der Waals surface area contributed by atoms with Crippen LogP contribution < -0.4 is 4.74 Å². The van der Waals surface area contributed by atoms with Crippen molar-refractivity contribution in [1.82, 2.24) is 9.97 Å². The summed E-state index contributed by atoms with van der Waals surface area (Å²) in [7, 11) is 0. The van der Waals surface area contributed by atoms with Crippen LogP contribution in [-0.4, -0.2) is 21.0 Å². The van der Waals surface area contributed by atoms with Crippen molar-refractivity contribution in [3.63, 3.8) is 0 Å². The molecule has 1 fully saturated rings. The number of ether oxygens (including phenoxy) is 1. The average molecular weight is 352 g/mol. The van der Waals surface area contributed by atoms with Crippen molar-refractivity contribution >= 4 is 5.97 Å². The summed E-state index contributed by atoms with van der Waals surface area (Å²) in [5.41, 5.74) is -0.446. The highest BCUT2D eigenvalue weighted by Crippen LogP contribution is 2.34. The topological polar surface area (TPSA) is 72.3 Å². The van der Waals surface area contributed by atoms with Gasteiger partial charge in [-0.1, -0.05) is 12.5 Å². The number of rotatable bonds is 4. The van der Waals surface area contributed by atoms with Gasteiger partial charge in [0.05, 0.1) is 36.2 Å². The van der Waals surface area contributed by atoms with Gasteiger partial charge in [0.25, 0.3) is 0 Å². The predicted octanol–water partition coefficient (Wildman–Crippen LogP) is 3.36. The summed E-state index contributed by atoms with van der Waals surface area (Å²) in [6.07, 6.45) is 0.641. The van der Waals surface area contributed by atoms with E-state index in [9.17, 15) is 23.1 Å². The largest absolute Gasteiger partial charge is 0.416 e. The quantitative estimate of drug-likeness (QED) is 0.855. The monoisotopic (exact) mass is 352 g/mol. The van der Waals surface area contributed by atoms with Crippen LogP contribution in [0.15, 0.2) is 30.6 Å². The van der Waals surface area contributed by atoms with Crippen LogP contribution >= 0.6 is 0 Å². The standard InChI is InChI=1S/C17H15F3N2O3/c18-17(19,20)13-5-4-11(6-12(13)9-23)14-7-22-15(8-21-14)25-16(24)10-2-1-3-10/h4-8,10,23H,1-3,9H2. The molecule has 8 heteroatoms. The molecule has 0 radical (unpaired) electrons. The number of carbonyl (C=O) groups is 1. The van der Waals surface area contributed by atoms with E-state index in [2.05, 4.69) is 9.97 Å². The second-order valence-electron chi connectivity index (χ2n) is 5.82. The SMILES string of the molecule is O=C(Oc1cnc(-c2ccc(C(F)(F)F)c(CO)c2)cn1)C1CCC1. The summed E-state index contributed by atoms with van der Waals surface area (Å²) >= 11 is 0. The van der Waals surface area contributed by atoms with Crippen LogP contribution in [0.25, 0.3) is 11.3 Å². The van der Waals surface area contributed by atoms with Gasteiger partial charge in [0.15, 0.2) is 0 Å².